The predicted molar refractivity (Wildman–Crippen MR) is 150 cm³/mol. The second kappa shape index (κ2) is 15.3. The minimum Gasteiger partial charge on any atom is -0.494 e. The van der Waals surface area contributed by atoms with Crippen molar-refractivity contribution in [2.45, 2.75) is 51.6 Å². The van der Waals surface area contributed by atoms with Crippen LogP contribution in [0.3, 0.4) is 0 Å². The lowest BCUT2D eigenvalue weighted by Gasteiger charge is -2.31. The van der Waals surface area contributed by atoms with Crippen molar-refractivity contribution < 1.29 is 14.3 Å². The Morgan fingerprint density at radius 2 is 1.51 bits per heavy atom. The van der Waals surface area contributed by atoms with Crippen LogP contribution in [-0.2, 0) is 22.6 Å². The fourth-order valence-corrected chi connectivity index (χ4v) is 4.19. The lowest BCUT2D eigenvalue weighted by Crippen LogP contribution is -2.50. The van der Waals surface area contributed by atoms with Crippen molar-refractivity contribution in [2.24, 2.45) is 0 Å². The summed E-state index contributed by atoms with van der Waals surface area (Å²) in [6, 6.07) is 23.7. The molecule has 1 unspecified atom stereocenters. The molecule has 0 aromatic heterocycles. The third-order valence-corrected chi connectivity index (χ3v) is 6.49. The summed E-state index contributed by atoms with van der Waals surface area (Å²) in [6.45, 7) is 3.36. The summed E-state index contributed by atoms with van der Waals surface area (Å²) < 4.78 is 5.77. The average Bonchev–Trinajstić information content (AvgIpc) is 2.91. The number of rotatable bonds is 14. The molecule has 2 amide bonds. The van der Waals surface area contributed by atoms with Crippen molar-refractivity contribution in [3.05, 3.63) is 100 Å². The lowest BCUT2D eigenvalue weighted by atomic mass is 10.0. The molecule has 1 atom stereocenters. The molecule has 0 fully saturated rings. The molecule has 3 rings (SSSR count). The zero-order chi connectivity index (χ0) is 26.5. The first kappa shape index (κ1) is 28.5. The van der Waals surface area contributed by atoms with Gasteiger partial charge in [-0.1, -0.05) is 79.0 Å². The van der Waals surface area contributed by atoms with Crippen LogP contribution in [0, 0.1) is 0 Å². The van der Waals surface area contributed by atoms with Gasteiger partial charge in [-0.15, -0.1) is 0 Å². The highest BCUT2D eigenvalue weighted by atomic mass is 35.5. The monoisotopic (exact) mass is 540 g/mol. The van der Waals surface area contributed by atoms with Crippen LogP contribution in [0.1, 0.15) is 43.7 Å². The van der Waals surface area contributed by atoms with E-state index in [1.807, 2.05) is 42.5 Å². The fraction of sp³-hybridized carbons (Fsp3) is 0.333. The number of benzene rings is 3. The summed E-state index contributed by atoms with van der Waals surface area (Å²) in [5.41, 5.74) is 1.91. The first-order valence-electron chi connectivity index (χ1n) is 12.7. The largest absolute Gasteiger partial charge is 0.494 e. The molecule has 0 saturated carbocycles. The predicted octanol–water partition coefficient (Wildman–Crippen LogP) is 6.71. The number of carbonyl (C=O) groups is 2. The van der Waals surface area contributed by atoms with E-state index in [0.29, 0.717) is 48.3 Å². The lowest BCUT2D eigenvalue weighted by molar-refractivity contribution is -0.141. The minimum atomic E-state index is -0.639. The Kier molecular flexibility index (Phi) is 11.8. The van der Waals surface area contributed by atoms with Crippen molar-refractivity contribution >= 4 is 35.0 Å². The maximum Gasteiger partial charge on any atom is 0.243 e. The van der Waals surface area contributed by atoms with Gasteiger partial charge in [0.05, 0.1) is 6.61 Å². The van der Waals surface area contributed by atoms with E-state index < -0.39 is 6.04 Å². The van der Waals surface area contributed by atoms with Gasteiger partial charge in [0.1, 0.15) is 11.8 Å². The number of carbonyl (C=O) groups excluding carboxylic acids is 2. The summed E-state index contributed by atoms with van der Waals surface area (Å²) in [5, 5.41) is 4.30. The number of nitrogens with one attached hydrogen (secondary N) is 1. The van der Waals surface area contributed by atoms with E-state index in [2.05, 4.69) is 12.2 Å². The molecule has 0 spiro atoms. The zero-order valence-corrected chi connectivity index (χ0v) is 22.7. The molecule has 196 valence electrons. The third kappa shape index (κ3) is 9.75. The highest BCUT2D eigenvalue weighted by Gasteiger charge is 2.30. The second-order valence-electron chi connectivity index (χ2n) is 8.90. The SMILES string of the molecule is CCCCNC(=O)C(Cc1ccccc1)N(Cc1ccc(Cl)cc1)C(=O)CCCOc1ccc(Cl)cc1. The number of amides is 2. The zero-order valence-electron chi connectivity index (χ0n) is 21.2. The Morgan fingerprint density at radius 1 is 0.865 bits per heavy atom. The van der Waals surface area contributed by atoms with Crippen LogP contribution in [0.5, 0.6) is 5.75 Å². The third-order valence-electron chi connectivity index (χ3n) is 5.98. The Bertz CT molecular complexity index is 1110. The molecule has 0 aliphatic heterocycles. The fourth-order valence-electron chi connectivity index (χ4n) is 3.93. The molecule has 3 aromatic carbocycles. The first-order valence-corrected chi connectivity index (χ1v) is 13.5. The molecular weight excluding hydrogens is 507 g/mol. The molecule has 0 saturated heterocycles. The molecular formula is C30H34Cl2N2O3. The van der Waals surface area contributed by atoms with E-state index in [9.17, 15) is 9.59 Å². The standard InChI is InChI=1S/C30H34Cl2N2O3/c1-2-3-19-33-30(36)28(21-23-8-5-4-6-9-23)34(22-24-11-13-25(31)14-12-24)29(35)10-7-20-37-27-17-15-26(32)16-18-27/h4-6,8-9,11-18,28H,2-3,7,10,19-22H2,1H3,(H,33,36). The van der Waals surface area contributed by atoms with Gasteiger partial charge in [0.15, 0.2) is 0 Å². The van der Waals surface area contributed by atoms with E-state index in [1.54, 1.807) is 41.3 Å². The molecule has 0 aliphatic rings. The van der Waals surface area contributed by atoms with Crippen molar-refractivity contribution in [3.63, 3.8) is 0 Å². The topological polar surface area (TPSA) is 58.6 Å². The van der Waals surface area contributed by atoms with E-state index in [1.165, 1.54) is 0 Å². The Balaban J connectivity index is 1.76. The quantitative estimate of drug-likeness (QED) is 0.231. The number of hydrogen-bond acceptors (Lipinski definition) is 3. The van der Waals surface area contributed by atoms with Crippen LogP contribution in [0.25, 0.3) is 0 Å². The molecule has 0 aliphatic carbocycles. The van der Waals surface area contributed by atoms with Crippen molar-refractivity contribution in [1.82, 2.24) is 10.2 Å². The normalized spacial score (nSPS) is 11.5. The molecule has 0 radical (unpaired) electrons. The number of halogens is 2. The Morgan fingerprint density at radius 3 is 2.16 bits per heavy atom. The molecule has 1 N–H and O–H groups in total. The summed E-state index contributed by atoms with van der Waals surface area (Å²) >= 11 is 12.0. The van der Waals surface area contributed by atoms with Gasteiger partial charge >= 0.3 is 0 Å². The summed E-state index contributed by atoms with van der Waals surface area (Å²) in [4.78, 5) is 28.7. The second-order valence-corrected chi connectivity index (χ2v) is 9.78. The minimum absolute atomic E-state index is 0.0961. The number of ether oxygens (including phenoxy) is 1. The molecule has 0 bridgehead atoms. The summed E-state index contributed by atoms with van der Waals surface area (Å²) in [7, 11) is 0. The average molecular weight is 542 g/mol. The maximum absolute atomic E-state index is 13.6. The van der Waals surface area contributed by atoms with Crippen LogP contribution < -0.4 is 10.1 Å². The molecule has 7 heteroatoms. The van der Waals surface area contributed by atoms with Crippen LogP contribution >= 0.6 is 23.2 Å². The van der Waals surface area contributed by atoms with Crippen LogP contribution in [-0.4, -0.2) is 35.9 Å². The van der Waals surface area contributed by atoms with E-state index >= 15 is 0 Å². The highest BCUT2D eigenvalue weighted by Crippen LogP contribution is 2.19. The first-order chi connectivity index (χ1) is 18.0. The van der Waals surface area contributed by atoms with Gasteiger partial charge in [0.2, 0.25) is 11.8 Å². The summed E-state index contributed by atoms with van der Waals surface area (Å²) in [6.07, 6.45) is 3.07. The van der Waals surface area contributed by atoms with Gasteiger partial charge in [-0.3, -0.25) is 9.59 Å². The van der Waals surface area contributed by atoms with Gasteiger partial charge in [0.25, 0.3) is 0 Å². The van der Waals surface area contributed by atoms with Gasteiger partial charge in [0, 0.05) is 36.0 Å². The Hall–Kier alpha value is -3.02. The molecule has 37 heavy (non-hydrogen) atoms. The van der Waals surface area contributed by atoms with E-state index in [0.717, 1.165) is 24.0 Å². The van der Waals surface area contributed by atoms with Crippen molar-refractivity contribution in [3.8, 4) is 5.75 Å². The Labute approximate surface area is 229 Å². The van der Waals surface area contributed by atoms with E-state index in [4.69, 9.17) is 27.9 Å². The maximum atomic E-state index is 13.6. The van der Waals surface area contributed by atoms with Crippen LogP contribution in [0.4, 0.5) is 0 Å². The van der Waals surface area contributed by atoms with Crippen LogP contribution in [0.2, 0.25) is 10.0 Å². The molecule has 5 nitrogen and oxygen atoms in total. The van der Waals surface area contributed by atoms with Gasteiger partial charge in [-0.25, -0.2) is 0 Å². The van der Waals surface area contributed by atoms with Crippen LogP contribution in [0.15, 0.2) is 78.9 Å². The van der Waals surface area contributed by atoms with E-state index in [-0.39, 0.29) is 18.2 Å². The van der Waals surface area contributed by atoms with Gasteiger partial charge < -0.3 is 15.0 Å². The number of nitrogens with zero attached hydrogens (tertiary/aromatic N) is 1. The van der Waals surface area contributed by atoms with Gasteiger partial charge in [-0.2, -0.15) is 0 Å². The van der Waals surface area contributed by atoms with Gasteiger partial charge in [-0.05, 0) is 60.4 Å². The number of unbranched alkanes of at least 4 members (excludes halogenated alkanes) is 1. The number of hydrogen-bond donors (Lipinski definition) is 1. The van der Waals surface area contributed by atoms with Crippen molar-refractivity contribution in [2.75, 3.05) is 13.2 Å². The highest BCUT2D eigenvalue weighted by molar-refractivity contribution is 6.30. The summed E-state index contributed by atoms with van der Waals surface area (Å²) in [5.74, 6) is 0.463. The smallest absolute Gasteiger partial charge is 0.243 e. The molecule has 0 heterocycles. The molecule has 3 aromatic rings. The van der Waals surface area contributed by atoms with Crippen molar-refractivity contribution in [1.29, 1.82) is 0 Å².